The Kier molecular flexibility index (Phi) is 4.26. The maximum absolute atomic E-state index is 11.9. The lowest BCUT2D eigenvalue weighted by molar-refractivity contribution is 0.0923. The van der Waals surface area contributed by atoms with E-state index >= 15 is 0 Å². The highest BCUT2D eigenvalue weighted by atomic mass is 79.9. The fraction of sp³-hybridized carbons (Fsp3) is 0.615. The molecule has 2 nitrogen and oxygen atoms in total. The van der Waals surface area contributed by atoms with Gasteiger partial charge in [0, 0.05) is 6.54 Å². The van der Waals surface area contributed by atoms with Crippen LogP contribution in [-0.2, 0) is 0 Å². The summed E-state index contributed by atoms with van der Waals surface area (Å²) in [5.41, 5.74) is 0.308. The smallest absolute Gasteiger partial charge is 0.261 e. The fourth-order valence-corrected chi connectivity index (χ4v) is 3.70. The van der Waals surface area contributed by atoms with Crippen LogP contribution in [0.15, 0.2) is 15.9 Å². The van der Waals surface area contributed by atoms with Crippen molar-refractivity contribution in [1.29, 1.82) is 0 Å². The molecule has 0 atom stereocenters. The molecule has 0 unspecified atom stereocenters. The molecular formula is C13H18BrNOS. The number of amides is 1. The van der Waals surface area contributed by atoms with Crippen molar-refractivity contribution in [3.05, 3.63) is 20.8 Å². The second-order valence-electron chi connectivity index (χ2n) is 5.16. The van der Waals surface area contributed by atoms with Crippen molar-refractivity contribution >= 4 is 33.2 Å². The van der Waals surface area contributed by atoms with Gasteiger partial charge in [-0.05, 0) is 46.3 Å². The molecule has 0 aliphatic heterocycles. The number of nitrogens with one attached hydrogen (secondary N) is 1. The average Bonchev–Trinajstić information content (AvgIpc) is 2.74. The lowest BCUT2D eigenvalue weighted by Crippen LogP contribution is -2.36. The van der Waals surface area contributed by atoms with E-state index in [1.807, 2.05) is 12.1 Å². The minimum Gasteiger partial charge on any atom is -0.351 e. The number of hydrogen-bond acceptors (Lipinski definition) is 2. The summed E-state index contributed by atoms with van der Waals surface area (Å²) in [5, 5.41) is 3.07. The van der Waals surface area contributed by atoms with Crippen LogP contribution < -0.4 is 5.32 Å². The first-order chi connectivity index (χ1) is 8.09. The van der Waals surface area contributed by atoms with E-state index in [0.717, 1.165) is 15.2 Å². The molecule has 1 heterocycles. The molecule has 1 aromatic rings. The van der Waals surface area contributed by atoms with Crippen LogP contribution in [0.3, 0.4) is 0 Å². The summed E-state index contributed by atoms with van der Waals surface area (Å²) in [7, 11) is 0. The van der Waals surface area contributed by atoms with Gasteiger partial charge in [0.15, 0.2) is 0 Å². The number of carbonyl (C=O) groups is 1. The van der Waals surface area contributed by atoms with Gasteiger partial charge in [-0.3, -0.25) is 4.79 Å². The molecule has 1 amide bonds. The molecule has 1 N–H and O–H groups in total. The van der Waals surface area contributed by atoms with Crippen molar-refractivity contribution in [2.45, 2.75) is 39.0 Å². The molecular weight excluding hydrogens is 298 g/mol. The summed E-state index contributed by atoms with van der Waals surface area (Å²) < 4.78 is 1.01. The van der Waals surface area contributed by atoms with Crippen molar-refractivity contribution in [3.63, 3.8) is 0 Å². The third kappa shape index (κ3) is 3.55. The third-order valence-corrected chi connectivity index (χ3v) is 5.16. The molecule has 0 bridgehead atoms. The zero-order valence-corrected chi connectivity index (χ0v) is 12.5. The first kappa shape index (κ1) is 13.1. The first-order valence-electron chi connectivity index (χ1n) is 6.13. The van der Waals surface area contributed by atoms with E-state index in [1.54, 1.807) is 0 Å². The zero-order valence-electron chi connectivity index (χ0n) is 10.1. The van der Waals surface area contributed by atoms with Gasteiger partial charge in [0.1, 0.15) is 0 Å². The summed E-state index contributed by atoms with van der Waals surface area (Å²) in [6.07, 6.45) is 6.43. The van der Waals surface area contributed by atoms with E-state index in [-0.39, 0.29) is 5.91 Å². The fourth-order valence-electron chi connectivity index (χ4n) is 2.40. The Bertz CT molecular complexity index is 396. The molecule has 94 valence electrons. The highest BCUT2D eigenvalue weighted by Gasteiger charge is 2.27. The lowest BCUT2D eigenvalue weighted by Gasteiger charge is -2.33. The first-order valence-corrected chi connectivity index (χ1v) is 7.74. The Morgan fingerprint density at radius 1 is 1.41 bits per heavy atom. The predicted molar refractivity (Wildman–Crippen MR) is 75.5 cm³/mol. The Labute approximate surface area is 115 Å². The standard InChI is InChI=1S/C13H18BrNOS/c1-13(7-3-2-4-8-13)9-15-12(16)10-5-6-11(14)17-10/h5-6H,2-4,7-9H2,1H3,(H,15,16). The lowest BCUT2D eigenvalue weighted by atomic mass is 9.76. The van der Waals surface area contributed by atoms with Gasteiger partial charge in [0.05, 0.1) is 8.66 Å². The van der Waals surface area contributed by atoms with E-state index in [4.69, 9.17) is 0 Å². The number of rotatable bonds is 3. The highest BCUT2D eigenvalue weighted by Crippen LogP contribution is 2.35. The minimum absolute atomic E-state index is 0.0625. The van der Waals surface area contributed by atoms with Gasteiger partial charge in [-0.1, -0.05) is 26.2 Å². The van der Waals surface area contributed by atoms with Crippen molar-refractivity contribution in [2.75, 3.05) is 6.54 Å². The SMILES string of the molecule is CC1(CNC(=O)c2ccc(Br)s2)CCCCC1. The molecule has 4 heteroatoms. The van der Waals surface area contributed by atoms with Gasteiger partial charge in [-0.15, -0.1) is 11.3 Å². The summed E-state index contributed by atoms with van der Waals surface area (Å²) in [6, 6.07) is 3.79. The molecule has 17 heavy (non-hydrogen) atoms. The van der Waals surface area contributed by atoms with Crippen LogP contribution in [-0.4, -0.2) is 12.5 Å². The van der Waals surface area contributed by atoms with Gasteiger partial charge < -0.3 is 5.32 Å². The van der Waals surface area contributed by atoms with E-state index in [0.29, 0.717) is 5.41 Å². The molecule has 0 aromatic carbocycles. The average molecular weight is 316 g/mol. The van der Waals surface area contributed by atoms with Gasteiger partial charge >= 0.3 is 0 Å². The largest absolute Gasteiger partial charge is 0.351 e. The van der Waals surface area contributed by atoms with E-state index < -0.39 is 0 Å². The van der Waals surface area contributed by atoms with Crippen LogP contribution in [0.5, 0.6) is 0 Å². The van der Waals surface area contributed by atoms with Crippen molar-refractivity contribution < 1.29 is 4.79 Å². The van der Waals surface area contributed by atoms with Crippen molar-refractivity contribution in [2.24, 2.45) is 5.41 Å². The van der Waals surface area contributed by atoms with Gasteiger partial charge in [-0.2, -0.15) is 0 Å². The highest BCUT2D eigenvalue weighted by molar-refractivity contribution is 9.11. The minimum atomic E-state index is 0.0625. The molecule has 0 spiro atoms. The molecule has 0 saturated heterocycles. The quantitative estimate of drug-likeness (QED) is 0.889. The Hall–Kier alpha value is -0.350. The Balaban J connectivity index is 1.87. The molecule has 1 aliphatic carbocycles. The number of hydrogen-bond donors (Lipinski definition) is 1. The maximum atomic E-state index is 11.9. The summed E-state index contributed by atoms with van der Waals surface area (Å²) in [5.74, 6) is 0.0625. The molecule has 1 fully saturated rings. The van der Waals surface area contributed by atoms with E-state index in [9.17, 15) is 4.79 Å². The van der Waals surface area contributed by atoms with Crippen LogP contribution in [0.1, 0.15) is 48.7 Å². The molecule has 0 radical (unpaired) electrons. The van der Waals surface area contributed by atoms with Crippen LogP contribution in [0, 0.1) is 5.41 Å². The van der Waals surface area contributed by atoms with Crippen molar-refractivity contribution in [1.82, 2.24) is 5.32 Å². The van der Waals surface area contributed by atoms with Crippen LogP contribution in [0.2, 0.25) is 0 Å². The summed E-state index contributed by atoms with van der Waals surface area (Å²) in [4.78, 5) is 12.7. The summed E-state index contributed by atoms with van der Waals surface area (Å²) in [6.45, 7) is 3.10. The predicted octanol–water partition coefficient (Wildman–Crippen LogP) is 4.21. The van der Waals surface area contributed by atoms with E-state index in [1.165, 1.54) is 43.4 Å². The number of thiophene rings is 1. The molecule has 1 saturated carbocycles. The maximum Gasteiger partial charge on any atom is 0.261 e. The summed E-state index contributed by atoms with van der Waals surface area (Å²) >= 11 is 4.86. The topological polar surface area (TPSA) is 29.1 Å². The van der Waals surface area contributed by atoms with Gasteiger partial charge in [0.25, 0.3) is 5.91 Å². The van der Waals surface area contributed by atoms with Crippen LogP contribution in [0.4, 0.5) is 0 Å². The van der Waals surface area contributed by atoms with Gasteiger partial charge in [-0.25, -0.2) is 0 Å². The van der Waals surface area contributed by atoms with Crippen LogP contribution in [0.25, 0.3) is 0 Å². The Morgan fingerprint density at radius 3 is 2.71 bits per heavy atom. The normalized spacial score (nSPS) is 18.9. The second-order valence-corrected chi connectivity index (χ2v) is 7.62. The number of carbonyl (C=O) groups excluding carboxylic acids is 1. The monoisotopic (exact) mass is 315 g/mol. The molecule has 2 rings (SSSR count). The van der Waals surface area contributed by atoms with Crippen molar-refractivity contribution in [3.8, 4) is 0 Å². The number of halogens is 1. The third-order valence-electron chi connectivity index (χ3n) is 3.53. The zero-order chi connectivity index (χ0) is 12.3. The van der Waals surface area contributed by atoms with Gasteiger partial charge in [0.2, 0.25) is 0 Å². The van der Waals surface area contributed by atoms with E-state index in [2.05, 4.69) is 28.2 Å². The molecule has 1 aliphatic rings. The molecule has 1 aromatic heterocycles. The second kappa shape index (κ2) is 5.53. The Morgan fingerprint density at radius 2 is 2.12 bits per heavy atom. The van der Waals surface area contributed by atoms with Crippen LogP contribution >= 0.6 is 27.3 Å².